The van der Waals surface area contributed by atoms with E-state index < -0.39 is 0 Å². The number of rotatable bonds is 8. The molecule has 4 aliphatic rings. The van der Waals surface area contributed by atoms with Gasteiger partial charge in [-0.2, -0.15) is 17.0 Å². The molecule has 6 nitrogen and oxygen atoms in total. The highest BCUT2D eigenvalue weighted by Gasteiger charge is 2.40. The van der Waals surface area contributed by atoms with E-state index in [4.69, 9.17) is 0 Å². The molecule has 2 heterocycles. The fraction of sp³-hybridized carbons (Fsp3) is 0.750. The molecule has 8 heteroatoms. The van der Waals surface area contributed by atoms with Crippen LogP contribution in [0.5, 0.6) is 0 Å². The second kappa shape index (κ2) is 13.3. The van der Waals surface area contributed by atoms with Crippen LogP contribution in [0.2, 0.25) is 0 Å². The Morgan fingerprint density at radius 3 is 2.42 bits per heavy atom. The Morgan fingerprint density at radius 2 is 1.78 bits per heavy atom. The molecule has 1 saturated heterocycles. The average molecular weight is 531 g/mol. The third-order valence-corrected chi connectivity index (χ3v) is 10.7. The van der Waals surface area contributed by atoms with Gasteiger partial charge >= 0.3 is 0 Å². The highest BCUT2D eigenvalue weighted by Crippen LogP contribution is 2.43. The first kappa shape index (κ1) is 27.4. The number of amides is 2. The van der Waals surface area contributed by atoms with Crippen molar-refractivity contribution < 1.29 is 9.59 Å². The maximum atomic E-state index is 13.5. The quantitative estimate of drug-likeness (QED) is 0.398. The van der Waals surface area contributed by atoms with Crippen molar-refractivity contribution >= 4 is 35.3 Å². The third-order valence-electron chi connectivity index (χ3n) is 8.45. The molecule has 2 aliphatic heterocycles. The molecule has 0 aromatic rings. The number of thioether (sulfide) groups is 2. The summed E-state index contributed by atoms with van der Waals surface area (Å²) in [6.07, 6.45) is 12.4. The van der Waals surface area contributed by atoms with Crippen molar-refractivity contribution in [1.82, 2.24) is 16.0 Å². The maximum Gasteiger partial charge on any atom is 0.249 e. The van der Waals surface area contributed by atoms with Crippen LogP contribution < -0.4 is 16.0 Å². The van der Waals surface area contributed by atoms with Gasteiger partial charge in [-0.3, -0.25) is 9.59 Å². The summed E-state index contributed by atoms with van der Waals surface area (Å²) in [4.78, 5) is 26.3. The van der Waals surface area contributed by atoms with E-state index in [0.717, 1.165) is 78.7 Å². The summed E-state index contributed by atoms with van der Waals surface area (Å²) in [6, 6.07) is 2.94. The summed E-state index contributed by atoms with van der Waals surface area (Å²) in [5, 5.41) is 20.9. The van der Waals surface area contributed by atoms with Crippen LogP contribution in [0.4, 0.5) is 0 Å². The maximum absolute atomic E-state index is 13.5. The van der Waals surface area contributed by atoms with E-state index in [1.165, 1.54) is 37.4 Å². The molecular formula is C28H42N4O2S2. The average Bonchev–Trinajstić information content (AvgIpc) is 3.42. The van der Waals surface area contributed by atoms with Gasteiger partial charge < -0.3 is 16.0 Å². The molecule has 0 bridgehead atoms. The zero-order chi connectivity index (χ0) is 25.5. The molecule has 3 N–H and O–H groups in total. The van der Waals surface area contributed by atoms with Crippen molar-refractivity contribution in [3.63, 3.8) is 0 Å². The van der Waals surface area contributed by atoms with E-state index in [9.17, 15) is 14.9 Å². The highest BCUT2D eigenvalue weighted by molar-refractivity contribution is 8.03. The zero-order valence-electron chi connectivity index (χ0n) is 21.9. The Balaban J connectivity index is 1.44. The Bertz CT molecular complexity index is 905. The van der Waals surface area contributed by atoms with Gasteiger partial charge in [0.05, 0.1) is 22.4 Å². The monoisotopic (exact) mass is 530 g/mol. The smallest absolute Gasteiger partial charge is 0.249 e. The van der Waals surface area contributed by atoms with Crippen molar-refractivity contribution in [3.8, 4) is 6.07 Å². The van der Waals surface area contributed by atoms with Crippen LogP contribution in [0, 0.1) is 29.1 Å². The number of allylic oxidation sites excluding steroid dienone is 2. The number of nitrogens with one attached hydrogen (secondary N) is 3. The number of dihydropyridines is 1. The summed E-state index contributed by atoms with van der Waals surface area (Å²) in [5.74, 6) is 3.18. The molecule has 2 amide bonds. The Morgan fingerprint density at radius 1 is 1.06 bits per heavy atom. The van der Waals surface area contributed by atoms with E-state index in [-0.39, 0.29) is 41.5 Å². The van der Waals surface area contributed by atoms with Gasteiger partial charge in [0.2, 0.25) is 11.8 Å². The van der Waals surface area contributed by atoms with Gasteiger partial charge in [0.15, 0.2) is 0 Å². The van der Waals surface area contributed by atoms with Crippen LogP contribution in [0.15, 0.2) is 21.9 Å². The molecule has 2 atom stereocenters. The number of hydrogen-bond acceptors (Lipinski definition) is 6. The minimum atomic E-state index is -0.204. The molecular weight excluding hydrogens is 488 g/mol. The normalized spacial score (nSPS) is 29.5. The molecule has 0 spiro atoms. The van der Waals surface area contributed by atoms with Crippen molar-refractivity contribution in [2.45, 2.75) is 96.6 Å². The summed E-state index contributed by atoms with van der Waals surface area (Å²) in [5.41, 5.74) is 2.18. The Labute approximate surface area is 225 Å². The van der Waals surface area contributed by atoms with Gasteiger partial charge in [-0.15, -0.1) is 0 Å². The number of nitrogens with zero attached hydrogens (tertiary/aromatic N) is 1. The largest absolute Gasteiger partial charge is 0.353 e. The van der Waals surface area contributed by atoms with Gasteiger partial charge in [0.25, 0.3) is 0 Å². The van der Waals surface area contributed by atoms with Gasteiger partial charge in [-0.1, -0.05) is 44.4 Å². The van der Waals surface area contributed by atoms with E-state index in [1.54, 1.807) is 0 Å². The lowest BCUT2D eigenvalue weighted by Crippen LogP contribution is -2.42. The fourth-order valence-corrected chi connectivity index (χ4v) is 8.50. The van der Waals surface area contributed by atoms with Crippen molar-refractivity contribution in [1.29, 1.82) is 5.26 Å². The molecule has 0 aromatic heterocycles. The SMILES string of the molecule is CCC1CCC(NC(=O)CSC2=C(C#N)C(C3CCSC3)C(C(=O)NC3CCCCC3)=C(C)N2)CC1. The third kappa shape index (κ3) is 6.83. The highest BCUT2D eigenvalue weighted by atomic mass is 32.2. The first-order chi connectivity index (χ1) is 17.5. The first-order valence-corrected chi connectivity index (χ1v) is 16.1. The van der Waals surface area contributed by atoms with Crippen LogP contribution in [0.3, 0.4) is 0 Å². The van der Waals surface area contributed by atoms with Crippen LogP contribution in [-0.4, -0.2) is 41.2 Å². The minimum absolute atomic E-state index is 0.0222. The lowest BCUT2D eigenvalue weighted by molar-refractivity contribution is -0.120. The molecule has 2 aliphatic carbocycles. The lowest BCUT2D eigenvalue weighted by atomic mass is 9.77. The van der Waals surface area contributed by atoms with E-state index >= 15 is 0 Å². The van der Waals surface area contributed by atoms with Gasteiger partial charge in [-0.25, -0.2) is 0 Å². The van der Waals surface area contributed by atoms with Crippen LogP contribution in [0.25, 0.3) is 0 Å². The van der Waals surface area contributed by atoms with E-state index in [0.29, 0.717) is 5.57 Å². The Hall–Kier alpha value is -1.59. The van der Waals surface area contributed by atoms with E-state index in [2.05, 4.69) is 28.9 Å². The van der Waals surface area contributed by atoms with Crippen LogP contribution >= 0.6 is 23.5 Å². The predicted molar refractivity (Wildman–Crippen MR) is 149 cm³/mol. The Kier molecular flexibility index (Phi) is 10.1. The summed E-state index contributed by atoms with van der Waals surface area (Å²) in [7, 11) is 0. The summed E-state index contributed by atoms with van der Waals surface area (Å²) >= 11 is 3.31. The topological polar surface area (TPSA) is 94.0 Å². The molecule has 2 unspecified atom stereocenters. The fourth-order valence-electron chi connectivity index (χ4n) is 6.29. The molecule has 0 radical (unpaired) electrons. The molecule has 36 heavy (non-hydrogen) atoms. The number of carbonyl (C=O) groups is 2. The second-order valence-corrected chi connectivity index (χ2v) is 13.0. The number of nitriles is 1. The summed E-state index contributed by atoms with van der Waals surface area (Å²) in [6.45, 7) is 4.20. The van der Waals surface area contributed by atoms with Crippen LogP contribution in [0.1, 0.15) is 84.5 Å². The van der Waals surface area contributed by atoms with Crippen molar-refractivity contribution in [2.24, 2.45) is 17.8 Å². The number of carbonyl (C=O) groups excluding carboxylic acids is 2. The minimum Gasteiger partial charge on any atom is -0.353 e. The molecule has 0 aromatic carbocycles. The van der Waals surface area contributed by atoms with E-state index in [1.807, 2.05) is 18.7 Å². The second-order valence-electron chi connectivity index (χ2n) is 10.9. The number of hydrogen-bond donors (Lipinski definition) is 3. The molecule has 4 rings (SSSR count). The predicted octanol–water partition coefficient (Wildman–Crippen LogP) is 5.24. The lowest BCUT2D eigenvalue weighted by Gasteiger charge is -2.34. The molecule has 2 saturated carbocycles. The molecule has 198 valence electrons. The zero-order valence-corrected chi connectivity index (χ0v) is 23.5. The van der Waals surface area contributed by atoms with Crippen LogP contribution in [-0.2, 0) is 9.59 Å². The van der Waals surface area contributed by atoms with Crippen molar-refractivity contribution in [2.75, 3.05) is 17.3 Å². The molecule has 3 fully saturated rings. The van der Waals surface area contributed by atoms with Gasteiger partial charge in [0.1, 0.15) is 0 Å². The standard InChI is InChI=1S/C28H42N4O2S2/c1-3-19-9-11-22(12-10-19)31-24(33)17-36-28-23(15-29)26(20-13-14-35-16-20)25(18(2)30-28)27(34)32-21-7-5-4-6-8-21/h19-22,26,30H,3-14,16-17H2,1-2H3,(H,31,33)(H,32,34). The first-order valence-electron chi connectivity index (χ1n) is 13.9. The van der Waals surface area contributed by atoms with Gasteiger partial charge in [-0.05, 0) is 75.2 Å². The van der Waals surface area contributed by atoms with Gasteiger partial charge in [0, 0.05) is 29.3 Å². The van der Waals surface area contributed by atoms with Crippen molar-refractivity contribution in [3.05, 3.63) is 21.9 Å². The summed E-state index contributed by atoms with van der Waals surface area (Å²) < 4.78 is 0.